The van der Waals surface area contributed by atoms with Gasteiger partial charge in [-0.3, -0.25) is 4.79 Å². The number of carbonyl (C=O) groups is 1. The zero-order valence-electron chi connectivity index (χ0n) is 12.1. The molecule has 0 aliphatic heterocycles. The molecule has 1 amide bonds. The standard InChI is InChI=1S/C17H17N3O/c1-11-15(17(19)21)7-4-8-16(11)20-12(2)14-6-3-5-13(9-14)10-18/h3-9,12,20H,1-2H3,(H2,19,21). The molecule has 4 nitrogen and oxygen atoms in total. The van der Waals surface area contributed by atoms with Crippen LogP contribution in [0.4, 0.5) is 5.69 Å². The van der Waals surface area contributed by atoms with E-state index >= 15 is 0 Å². The molecule has 1 unspecified atom stereocenters. The molecule has 3 N–H and O–H groups in total. The summed E-state index contributed by atoms with van der Waals surface area (Å²) >= 11 is 0. The van der Waals surface area contributed by atoms with Gasteiger partial charge >= 0.3 is 0 Å². The van der Waals surface area contributed by atoms with Crippen LogP contribution in [0.3, 0.4) is 0 Å². The van der Waals surface area contributed by atoms with Gasteiger partial charge in [-0.2, -0.15) is 5.26 Å². The van der Waals surface area contributed by atoms with Gasteiger partial charge in [-0.15, -0.1) is 0 Å². The van der Waals surface area contributed by atoms with E-state index in [-0.39, 0.29) is 6.04 Å². The summed E-state index contributed by atoms with van der Waals surface area (Å²) in [6, 6.07) is 15.0. The van der Waals surface area contributed by atoms with Crippen LogP contribution < -0.4 is 11.1 Å². The molecule has 106 valence electrons. The van der Waals surface area contributed by atoms with Gasteiger partial charge in [0.2, 0.25) is 5.91 Å². The van der Waals surface area contributed by atoms with Crippen LogP contribution in [0.25, 0.3) is 0 Å². The Morgan fingerprint density at radius 3 is 2.67 bits per heavy atom. The molecule has 0 aliphatic rings. The highest BCUT2D eigenvalue weighted by molar-refractivity contribution is 5.95. The first kappa shape index (κ1) is 14.6. The van der Waals surface area contributed by atoms with Crippen LogP contribution in [0.5, 0.6) is 0 Å². The largest absolute Gasteiger partial charge is 0.378 e. The molecule has 0 fully saturated rings. The minimum Gasteiger partial charge on any atom is -0.378 e. The van der Waals surface area contributed by atoms with Gasteiger partial charge in [0.1, 0.15) is 0 Å². The minimum absolute atomic E-state index is 0.0140. The molecule has 1 atom stereocenters. The predicted octanol–water partition coefficient (Wildman–Crippen LogP) is 3.14. The molecule has 2 rings (SSSR count). The van der Waals surface area contributed by atoms with E-state index in [4.69, 9.17) is 11.0 Å². The van der Waals surface area contributed by atoms with Crippen molar-refractivity contribution in [3.63, 3.8) is 0 Å². The van der Waals surface area contributed by atoms with Gasteiger partial charge in [0.25, 0.3) is 0 Å². The predicted molar refractivity (Wildman–Crippen MR) is 82.9 cm³/mol. The highest BCUT2D eigenvalue weighted by atomic mass is 16.1. The number of nitrogens with zero attached hydrogens (tertiary/aromatic N) is 1. The van der Waals surface area contributed by atoms with E-state index in [0.29, 0.717) is 11.1 Å². The summed E-state index contributed by atoms with van der Waals surface area (Å²) < 4.78 is 0. The van der Waals surface area contributed by atoms with Gasteiger partial charge in [0.15, 0.2) is 0 Å². The summed E-state index contributed by atoms with van der Waals surface area (Å²) in [4.78, 5) is 11.4. The topological polar surface area (TPSA) is 78.9 Å². The number of nitriles is 1. The fraction of sp³-hybridized carbons (Fsp3) is 0.176. The third-order valence-electron chi connectivity index (χ3n) is 3.49. The third-order valence-corrected chi connectivity index (χ3v) is 3.49. The lowest BCUT2D eigenvalue weighted by atomic mass is 10.0. The number of nitrogens with one attached hydrogen (secondary N) is 1. The van der Waals surface area contributed by atoms with Crippen molar-refractivity contribution in [2.24, 2.45) is 5.73 Å². The molecule has 0 aromatic heterocycles. The van der Waals surface area contributed by atoms with Crippen molar-refractivity contribution in [3.8, 4) is 6.07 Å². The number of hydrogen-bond donors (Lipinski definition) is 2. The molecule has 0 spiro atoms. The Balaban J connectivity index is 2.27. The van der Waals surface area contributed by atoms with Crippen LogP contribution in [0.15, 0.2) is 42.5 Å². The number of primary amides is 1. The Morgan fingerprint density at radius 1 is 1.29 bits per heavy atom. The monoisotopic (exact) mass is 279 g/mol. The number of hydrogen-bond acceptors (Lipinski definition) is 3. The van der Waals surface area contributed by atoms with E-state index in [1.165, 1.54) is 0 Å². The average molecular weight is 279 g/mol. The smallest absolute Gasteiger partial charge is 0.249 e. The second-order valence-corrected chi connectivity index (χ2v) is 4.95. The zero-order valence-corrected chi connectivity index (χ0v) is 12.1. The van der Waals surface area contributed by atoms with Gasteiger partial charge in [0, 0.05) is 17.3 Å². The lowest BCUT2D eigenvalue weighted by Crippen LogP contribution is -2.15. The summed E-state index contributed by atoms with van der Waals surface area (Å²) in [5, 5.41) is 12.3. The Hall–Kier alpha value is -2.80. The van der Waals surface area contributed by atoms with E-state index in [2.05, 4.69) is 11.4 Å². The Labute approximate surface area is 124 Å². The van der Waals surface area contributed by atoms with Crippen molar-refractivity contribution in [1.82, 2.24) is 0 Å². The summed E-state index contributed by atoms with van der Waals surface area (Å²) in [5.74, 6) is -0.435. The van der Waals surface area contributed by atoms with Crippen molar-refractivity contribution in [1.29, 1.82) is 5.26 Å². The lowest BCUT2D eigenvalue weighted by molar-refractivity contribution is 0.1000. The van der Waals surface area contributed by atoms with Crippen LogP contribution >= 0.6 is 0 Å². The first-order valence-electron chi connectivity index (χ1n) is 6.69. The van der Waals surface area contributed by atoms with Crippen molar-refractivity contribution < 1.29 is 4.79 Å². The third kappa shape index (κ3) is 3.21. The van der Waals surface area contributed by atoms with Crippen LogP contribution in [-0.2, 0) is 0 Å². The van der Waals surface area contributed by atoms with Crippen LogP contribution in [-0.4, -0.2) is 5.91 Å². The molecular formula is C17H17N3O. The summed E-state index contributed by atoms with van der Waals surface area (Å²) in [6.07, 6.45) is 0. The minimum atomic E-state index is -0.435. The molecular weight excluding hydrogens is 262 g/mol. The van der Waals surface area contributed by atoms with E-state index in [9.17, 15) is 4.79 Å². The molecule has 0 heterocycles. The number of amides is 1. The van der Waals surface area contributed by atoms with Gasteiger partial charge in [-0.1, -0.05) is 18.2 Å². The summed E-state index contributed by atoms with van der Waals surface area (Å²) in [7, 11) is 0. The molecule has 2 aromatic rings. The van der Waals surface area contributed by atoms with Gasteiger partial charge in [0.05, 0.1) is 11.6 Å². The second-order valence-electron chi connectivity index (χ2n) is 4.95. The van der Waals surface area contributed by atoms with Crippen molar-refractivity contribution in [3.05, 3.63) is 64.7 Å². The zero-order chi connectivity index (χ0) is 15.4. The van der Waals surface area contributed by atoms with Crippen LogP contribution in [0, 0.1) is 18.3 Å². The molecule has 21 heavy (non-hydrogen) atoms. The quantitative estimate of drug-likeness (QED) is 0.902. The van der Waals surface area contributed by atoms with E-state index in [1.807, 2.05) is 38.1 Å². The fourth-order valence-corrected chi connectivity index (χ4v) is 2.25. The second kappa shape index (κ2) is 6.10. The molecule has 2 aromatic carbocycles. The molecule has 0 saturated carbocycles. The average Bonchev–Trinajstić information content (AvgIpc) is 2.49. The Morgan fingerprint density at radius 2 is 2.00 bits per heavy atom. The van der Waals surface area contributed by atoms with Crippen molar-refractivity contribution in [2.75, 3.05) is 5.32 Å². The van der Waals surface area contributed by atoms with Crippen molar-refractivity contribution in [2.45, 2.75) is 19.9 Å². The van der Waals surface area contributed by atoms with E-state index < -0.39 is 5.91 Å². The van der Waals surface area contributed by atoms with Gasteiger partial charge in [-0.25, -0.2) is 0 Å². The maximum atomic E-state index is 11.4. The number of benzene rings is 2. The Bertz CT molecular complexity index is 716. The SMILES string of the molecule is Cc1c(NC(C)c2cccc(C#N)c2)cccc1C(N)=O. The maximum absolute atomic E-state index is 11.4. The fourth-order valence-electron chi connectivity index (χ4n) is 2.25. The maximum Gasteiger partial charge on any atom is 0.249 e. The van der Waals surface area contributed by atoms with Crippen molar-refractivity contribution >= 4 is 11.6 Å². The summed E-state index contributed by atoms with van der Waals surface area (Å²) in [5.41, 5.74) is 9.20. The molecule has 4 heteroatoms. The molecule has 0 radical (unpaired) electrons. The van der Waals surface area contributed by atoms with Crippen LogP contribution in [0.1, 0.15) is 40.0 Å². The number of rotatable bonds is 4. The Kier molecular flexibility index (Phi) is 4.24. The number of anilines is 1. The van der Waals surface area contributed by atoms with Gasteiger partial charge < -0.3 is 11.1 Å². The van der Waals surface area contributed by atoms with Gasteiger partial charge in [-0.05, 0) is 49.2 Å². The summed E-state index contributed by atoms with van der Waals surface area (Å²) in [6.45, 7) is 3.87. The normalized spacial score (nSPS) is 11.5. The number of nitrogens with two attached hydrogens (primary N) is 1. The van der Waals surface area contributed by atoms with E-state index in [1.54, 1.807) is 18.2 Å². The van der Waals surface area contributed by atoms with E-state index in [0.717, 1.165) is 16.8 Å². The first-order chi connectivity index (χ1) is 10.0. The molecule has 0 saturated heterocycles. The highest BCUT2D eigenvalue weighted by Gasteiger charge is 2.11. The highest BCUT2D eigenvalue weighted by Crippen LogP contribution is 2.24. The lowest BCUT2D eigenvalue weighted by Gasteiger charge is -2.18. The first-order valence-corrected chi connectivity index (χ1v) is 6.69. The van der Waals surface area contributed by atoms with Crippen LogP contribution in [0.2, 0.25) is 0 Å². The molecule has 0 aliphatic carbocycles. The number of carbonyl (C=O) groups excluding carboxylic acids is 1. The molecule has 0 bridgehead atoms.